The minimum absolute atomic E-state index is 0.0413. The van der Waals surface area contributed by atoms with Crippen molar-refractivity contribution in [2.24, 2.45) is 11.3 Å². The third-order valence-corrected chi connectivity index (χ3v) is 4.72. The Morgan fingerprint density at radius 1 is 1.45 bits per heavy atom. The molecule has 0 aromatic rings. The molecule has 0 spiro atoms. The van der Waals surface area contributed by atoms with E-state index in [0.29, 0.717) is 12.8 Å². The molecule has 4 heteroatoms. The molecule has 2 aliphatic rings. The average molecular weight is 277 g/mol. The van der Waals surface area contributed by atoms with E-state index >= 15 is 0 Å². The lowest BCUT2D eigenvalue weighted by Gasteiger charge is -2.52. The van der Waals surface area contributed by atoms with Crippen LogP contribution in [0.15, 0.2) is 23.3 Å². The molecule has 2 bridgehead atoms. The van der Waals surface area contributed by atoms with Crippen molar-refractivity contribution in [1.82, 2.24) is 5.32 Å². The zero-order chi connectivity index (χ0) is 15.1. The summed E-state index contributed by atoms with van der Waals surface area (Å²) < 4.78 is 4.75. The Hall–Kier alpha value is -1.58. The van der Waals surface area contributed by atoms with E-state index in [9.17, 15) is 9.59 Å². The van der Waals surface area contributed by atoms with Crippen LogP contribution in [0.25, 0.3) is 0 Å². The molecule has 0 radical (unpaired) electrons. The Labute approximate surface area is 120 Å². The molecule has 4 nitrogen and oxygen atoms in total. The van der Waals surface area contributed by atoms with E-state index in [1.807, 2.05) is 26.8 Å². The number of ketones is 1. The number of carbonyl (C=O) groups is 2. The van der Waals surface area contributed by atoms with Crippen molar-refractivity contribution in [2.75, 3.05) is 7.11 Å². The van der Waals surface area contributed by atoms with Crippen molar-refractivity contribution in [1.29, 1.82) is 0 Å². The van der Waals surface area contributed by atoms with Crippen LogP contribution in [0.2, 0.25) is 0 Å². The van der Waals surface area contributed by atoms with E-state index in [2.05, 4.69) is 18.3 Å². The molecular weight excluding hydrogens is 254 g/mol. The Morgan fingerprint density at radius 3 is 2.65 bits per heavy atom. The minimum atomic E-state index is -0.613. The van der Waals surface area contributed by atoms with Crippen LogP contribution in [0.4, 0.5) is 4.79 Å². The number of hydrogen-bond acceptors (Lipinski definition) is 3. The molecule has 0 unspecified atom stereocenters. The van der Waals surface area contributed by atoms with Gasteiger partial charge in [0.05, 0.1) is 12.6 Å². The number of ether oxygens (including phenoxy) is 1. The predicted octanol–water partition coefficient (Wildman–Crippen LogP) is 2.99. The maximum Gasteiger partial charge on any atom is 0.407 e. The summed E-state index contributed by atoms with van der Waals surface area (Å²) in [5.41, 5.74) is 1.29. The van der Waals surface area contributed by atoms with Crippen molar-refractivity contribution in [3.8, 4) is 0 Å². The summed E-state index contributed by atoms with van der Waals surface area (Å²) >= 11 is 0. The fourth-order valence-electron chi connectivity index (χ4n) is 3.61. The van der Waals surface area contributed by atoms with Crippen molar-refractivity contribution in [2.45, 2.75) is 46.1 Å². The number of alkyl carbamates (subject to hydrolysis) is 1. The van der Waals surface area contributed by atoms with Gasteiger partial charge in [0.2, 0.25) is 0 Å². The van der Waals surface area contributed by atoms with Gasteiger partial charge in [0.25, 0.3) is 0 Å². The third-order valence-electron chi connectivity index (χ3n) is 4.72. The van der Waals surface area contributed by atoms with Gasteiger partial charge in [-0.3, -0.25) is 4.79 Å². The number of hydrogen-bond donors (Lipinski definition) is 1. The van der Waals surface area contributed by atoms with Gasteiger partial charge >= 0.3 is 6.09 Å². The monoisotopic (exact) mass is 277 g/mol. The molecule has 0 aromatic carbocycles. The number of Topliss-reactive ketones (excluding diaryl/α,β-unsaturated/α-hetero) is 1. The van der Waals surface area contributed by atoms with Crippen LogP contribution in [0, 0.1) is 11.3 Å². The lowest BCUT2D eigenvalue weighted by molar-refractivity contribution is -0.132. The van der Waals surface area contributed by atoms with Crippen LogP contribution >= 0.6 is 0 Å². The van der Waals surface area contributed by atoms with Crippen molar-refractivity contribution < 1.29 is 14.3 Å². The van der Waals surface area contributed by atoms with Gasteiger partial charge in [-0.05, 0) is 25.8 Å². The second-order valence-electron chi connectivity index (χ2n) is 6.43. The normalized spacial score (nSPS) is 33.6. The first-order valence-corrected chi connectivity index (χ1v) is 7.00. The topological polar surface area (TPSA) is 55.4 Å². The number of amides is 1. The number of rotatable bonds is 1. The van der Waals surface area contributed by atoms with Gasteiger partial charge in [0.15, 0.2) is 0 Å². The lowest BCUT2D eigenvalue weighted by atomic mass is 9.55. The first kappa shape index (κ1) is 14.8. The van der Waals surface area contributed by atoms with E-state index in [1.54, 1.807) is 0 Å². The molecule has 2 atom stereocenters. The van der Waals surface area contributed by atoms with E-state index in [0.717, 1.165) is 5.57 Å². The Kier molecular flexibility index (Phi) is 3.53. The molecule has 1 saturated carbocycles. The first-order valence-electron chi connectivity index (χ1n) is 7.00. The SMILES string of the molecule is C/C=C1\[C@H]2C=C(C)C[C@]1(NC(=O)OC)CC(=O)C2(C)C. The number of methoxy groups -OCH3 is 1. The summed E-state index contributed by atoms with van der Waals surface area (Å²) in [5.74, 6) is 0.230. The van der Waals surface area contributed by atoms with E-state index < -0.39 is 17.0 Å². The Bertz CT molecular complexity index is 516. The van der Waals surface area contributed by atoms with Crippen LogP contribution in [-0.4, -0.2) is 24.5 Å². The largest absolute Gasteiger partial charge is 0.453 e. The van der Waals surface area contributed by atoms with Crippen molar-refractivity contribution in [3.63, 3.8) is 0 Å². The van der Waals surface area contributed by atoms with Crippen LogP contribution < -0.4 is 5.32 Å². The average Bonchev–Trinajstić information content (AvgIpc) is 2.36. The minimum Gasteiger partial charge on any atom is -0.453 e. The molecule has 0 saturated heterocycles. The fourth-order valence-corrected chi connectivity index (χ4v) is 3.61. The zero-order valence-corrected chi connectivity index (χ0v) is 12.9. The second-order valence-corrected chi connectivity index (χ2v) is 6.43. The zero-order valence-electron chi connectivity index (χ0n) is 12.9. The smallest absolute Gasteiger partial charge is 0.407 e. The van der Waals surface area contributed by atoms with Gasteiger partial charge in [0, 0.05) is 17.8 Å². The maximum absolute atomic E-state index is 12.5. The fraction of sp³-hybridized carbons (Fsp3) is 0.625. The number of fused-ring (bicyclic) bond motifs is 2. The van der Waals surface area contributed by atoms with Crippen molar-refractivity contribution >= 4 is 11.9 Å². The summed E-state index contributed by atoms with van der Waals surface area (Å²) in [5, 5.41) is 2.92. The maximum atomic E-state index is 12.5. The molecule has 20 heavy (non-hydrogen) atoms. The van der Waals surface area contributed by atoms with Gasteiger partial charge in [0.1, 0.15) is 5.78 Å². The highest BCUT2D eigenvalue weighted by molar-refractivity contribution is 5.90. The molecule has 0 heterocycles. The van der Waals surface area contributed by atoms with Gasteiger partial charge in [-0.25, -0.2) is 4.79 Å². The first-order chi connectivity index (χ1) is 9.26. The molecule has 1 N–H and O–H groups in total. The van der Waals surface area contributed by atoms with Gasteiger partial charge in [-0.15, -0.1) is 0 Å². The Balaban J connectivity index is 2.54. The standard InChI is InChI=1S/C16H23NO3/c1-6-11-12-7-10(2)8-16(11,17-14(19)20-5)9-13(18)15(12,3)4/h6-7,12H,8-9H2,1-5H3,(H,17,19)/b11-6+/t12-,16+/m1/s1. The van der Waals surface area contributed by atoms with Gasteiger partial charge in [-0.2, -0.15) is 0 Å². The molecule has 1 fully saturated rings. The molecule has 2 aliphatic carbocycles. The van der Waals surface area contributed by atoms with Crippen LogP contribution in [0.1, 0.15) is 40.5 Å². The summed E-state index contributed by atoms with van der Waals surface area (Å²) in [6, 6.07) is 0. The van der Waals surface area contributed by atoms with Gasteiger partial charge < -0.3 is 10.1 Å². The molecule has 110 valence electrons. The molecule has 2 rings (SSSR count). The Morgan fingerprint density at radius 2 is 2.10 bits per heavy atom. The summed E-state index contributed by atoms with van der Waals surface area (Å²) in [6.45, 7) is 8.00. The van der Waals surface area contributed by atoms with E-state index in [4.69, 9.17) is 4.74 Å². The number of nitrogens with one attached hydrogen (secondary N) is 1. The van der Waals surface area contributed by atoms with E-state index in [-0.39, 0.29) is 11.7 Å². The van der Waals surface area contributed by atoms with E-state index in [1.165, 1.54) is 12.7 Å². The van der Waals surface area contributed by atoms with Crippen LogP contribution in [0.5, 0.6) is 0 Å². The highest BCUT2D eigenvalue weighted by atomic mass is 16.5. The molecular formula is C16H23NO3. The molecule has 0 aromatic heterocycles. The van der Waals surface area contributed by atoms with Gasteiger partial charge in [-0.1, -0.05) is 31.6 Å². The predicted molar refractivity (Wildman–Crippen MR) is 77.3 cm³/mol. The third kappa shape index (κ3) is 2.07. The highest BCUT2D eigenvalue weighted by Crippen LogP contribution is 2.52. The van der Waals surface area contributed by atoms with Crippen LogP contribution in [-0.2, 0) is 9.53 Å². The quantitative estimate of drug-likeness (QED) is 0.750. The summed E-state index contributed by atoms with van der Waals surface area (Å²) in [4.78, 5) is 24.2. The van der Waals surface area contributed by atoms with Crippen molar-refractivity contribution in [3.05, 3.63) is 23.3 Å². The molecule has 0 aliphatic heterocycles. The number of allylic oxidation sites excluding steroid dienone is 2. The number of carbonyl (C=O) groups excluding carboxylic acids is 2. The summed E-state index contributed by atoms with van der Waals surface area (Å²) in [7, 11) is 1.35. The second kappa shape index (κ2) is 4.76. The lowest BCUT2D eigenvalue weighted by Crippen LogP contribution is -2.61. The summed E-state index contributed by atoms with van der Waals surface area (Å²) in [6.07, 6.45) is 4.73. The van der Waals surface area contributed by atoms with Crippen LogP contribution in [0.3, 0.4) is 0 Å². The highest BCUT2D eigenvalue weighted by Gasteiger charge is 2.54. The molecule has 1 amide bonds.